The Hall–Kier alpha value is -5.02. The van der Waals surface area contributed by atoms with Crippen molar-refractivity contribution in [1.29, 1.82) is 0 Å². The number of nitrogens with zero attached hydrogens (tertiary/aromatic N) is 2. The fourth-order valence-corrected chi connectivity index (χ4v) is 7.17. The Kier molecular flexibility index (Phi) is 8.80. The summed E-state index contributed by atoms with van der Waals surface area (Å²) in [7, 11) is 0. The van der Waals surface area contributed by atoms with E-state index in [0.717, 1.165) is 44.7 Å². The highest BCUT2D eigenvalue weighted by molar-refractivity contribution is 6.12. The average Bonchev–Trinajstić information content (AvgIpc) is 3.48. The van der Waals surface area contributed by atoms with Gasteiger partial charge in [-0.2, -0.15) is 0 Å². The van der Waals surface area contributed by atoms with Crippen molar-refractivity contribution in [3.8, 4) is 44.8 Å². The molecule has 0 amide bonds. The van der Waals surface area contributed by atoms with Crippen LogP contribution in [-0.2, 0) is 21.7 Å². The SMILES string of the molecule is CC(C)(C)c1ccc(-c2cc(-c3ccc(C(C)(C)C)cc3)cc(-c3cncc(-c4cc(C(C)(C)C)cc5c4[nH]c4ccc(C(C)(C)C)cc45)n3)c2)cc1. The van der Waals surface area contributed by atoms with Crippen molar-refractivity contribution in [3.63, 3.8) is 0 Å². The van der Waals surface area contributed by atoms with E-state index in [4.69, 9.17) is 9.97 Å². The number of fused-ring (bicyclic) bond motifs is 3. The van der Waals surface area contributed by atoms with Gasteiger partial charge >= 0.3 is 0 Å². The highest BCUT2D eigenvalue weighted by Crippen LogP contribution is 2.40. The lowest BCUT2D eigenvalue weighted by molar-refractivity contribution is 0.590. The van der Waals surface area contributed by atoms with Gasteiger partial charge in [0.2, 0.25) is 0 Å². The van der Waals surface area contributed by atoms with E-state index in [2.05, 4.69) is 185 Å². The molecule has 3 heteroatoms. The number of aromatic amines is 1. The van der Waals surface area contributed by atoms with Crippen molar-refractivity contribution in [2.24, 2.45) is 0 Å². The summed E-state index contributed by atoms with van der Waals surface area (Å²) in [6.45, 7) is 27.2. The number of rotatable bonds is 4. The monoisotopic (exact) mass is 697 g/mol. The standard InChI is InChI=1S/C50H55N3/c1-47(2,3)36-17-13-31(14-18-36)33-23-34(32-15-19-37(20-16-32)48(4,5)6)25-35(24-33)44-29-51-30-45(52-44)42-28-39(50(10,11)12)27-41-40-26-38(49(7,8)9)21-22-43(40)53-46(41)42/h13-30,53H,1-12H3. The first-order valence-electron chi connectivity index (χ1n) is 19.1. The third-order valence-electron chi connectivity index (χ3n) is 10.7. The third kappa shape index (κ3) is 7.32. The quantitative estimate of drug-likeness (QED) is 0.199. The van der Waals surface area contributed by atoms with Crippen molar-refractivity contribution in [1.82, 2.24) is 15.0 Å². The predicted molar refractivity (Wildman–Crippen MR) is 228 cm³/mol. The summed E-state index contributed by atoms with van der Waals surface area (Å²) in [4.78, 5) is 14.0. The van der Waals surface area contributed by atoms with Gasteiger partial charge in [0, 0.05) is 27.4 Å². The number of hydrogen-bond acceptors (Lipinski definition) is 2. The fraction of sp³-hybridized carbons (Fsp3) is 0.320. The molecule has 2 heterocycles. The van der Waals surface area contributed by atoms with Crippen LogP contribution < -0.4 is 0 Å². The van der Waals surface area contributed by atoms with E-state index >= 15 is 0 Å². The Morgan fingerprint density at radius 3 is 1.36 bits per heavy atom. The molecule has 2 aromatic heterocycles. The Labute approximate surface area is 317 Å². The maximum absolute atomic E-state index is 5.39. The molecule has 0 radical (unpaired) electrons. The largest absolute Gasteiger partial charge is 0.354 e. The summed E-state index contributed by atoms with van der Waals surface area (Å²) in [5.41, 5.74) is 16.2. The minimum absolute atomic E-state index is 0.0481. The maximum atomic E-state index is 5.39. The van der Waals surface area contributed by atoms with E-state index in [1.807, 2.05) is 12.4 Å². The highest BCUT2D eigenvalue weighted by Gasteiger charge is 2.22. The first-order chi connectivity index (χ1) is 24.8. The molecule has 0 bridgehead atoms. The maximum Gasteiger partial charge on any atom is 0.0913 e. The van der Waals surface area contributed by atoms with Crippen molar-refractivity contribution >= 4 is 21.8 Å². The molecule has 53 heavy (non-hydrogen) atoms. The molecule has 0 spiro atoms. The lowest BCUT2D eigenvalue weighted by Crippen LogP contribution is -2.11. The molecular weight excluding hydrogens is 643 g/mol. The van der Waals surface area contributed by atoms with Crippen molar-refractivity contribution in [3.05, 3.63) is 132 Å². The molecule has 0 unspecified atom stereocenters. The van der Waals surface area contributed by atoms with Crippen LogP contribution in [0.1, 0.15) is 105 Å². The third-order valence-corrected chi connectivity index (χ3v) is 10.7. The first kappa shape index (κ1) is 36.3. The van der Waals surface area contributed by atoms with Crippen LogP contribution in [0.4, 0.5) is 0 Å². The number of aromatic nitrogens is 3. The Morgan fingerprint density at radius 2 is 0.849 bits per heavy atom. The molecule has 5 aromatic carbocycles. The van der Waals surface area contributed by atoms with Crippen LogP contribution in [0.25, 0.3) is 66.6 Å². The summed E-state index contributed by atoms with van der Waals surface area (Å²) in [6, 6.07) is 36.4. The minimum Gasteiger partial charge on any atom is -0.354 e. The van der Waals surface area contributed by atoms with Gasteiger partial charge in [-0.1, -0.05) is 138 Å². The lowest BCUT2D eigenvalue weighted by atomic mass is 9.84. The van der Waals surface area contributed by atoms with Crippen LogP contribution in [0.5, 0.6) is 0 Å². The smallest absolute Gasteiger partial charge is 0.0913 e. The van der Waals surface area contributed by atoms with Gasteiger partial charge < -0.3 is 4.98 Å². The molecule has 0 aliphatic carbocycles. The zero-order chi connectivity index (χ0) is 38.1. The second kappa shape index (κ2) is 12.8. The van der Waals surface area contributed by atoms with E-state index in [0.29, 0.717) is 0 Å². The normalized spacial score (nSPS) is 12.9. The number of nitrogens with one attached hydrogen (secondary N) is 1. The van der Waals surface area contributed by atoms with Gasteiger partial charge in [0.1, 0.15) is 0 Å². The van der Waals surface area contributed by atoms with Crippen LogP contribution >= 0.6 is 0 Å². The van der Waals surface area contributed by atoms with Crippen LogP contribution in [0.3, 0.4) is 0 Å². The van der Waals surface area contributed by atoms with Crippen LogP contribution in [0.15, 0.2) is 109 Å². The van der Waals surface area contributed by atoms with Crippen LogP contribution in [0, 0.1) is 0 Å². The van der Waals surface area contributed by atoms with Crippen molar-refractivity contribution < 1.29 is 0 Å². The Bertz CT molecular complexity index is 2370. The number of H-pyrrole nitrogens is 1. The van der Waals surface area contributed by atoms with Gasteiger partial charge in [-0.05, 0) is 109 Å². The zero-order valence-electron chi connectivity index (χ0n) is 33.8. The molecule has 0 saturated heterocycles. The molecule has 0 saturated carbocycles. The fourth-order valence-electron chi connectivity index (χ4n) is 7.17. The number of benzene rings is 5. The average molecular weight is 698 g/mol. The predicted octanol–water partition coefficient (Wildman–Crippen LogP) is 14.0. The van der Waals surface area contributed by atoms with E-state index in [-0.39, 0.29) is 21.7 Å². The highest BCUT2D eigenvalue weighted by atomic mass is 14.8. The van der Waals surface area contributed by atoms with E-state index in [1.165, 1.54) is 44.2 Å². The summed E-state index contributed by atoms with van der Waals surface area (Å²) in [5, 5.41) is 2.47. The summed E-state index contributed by atoms with van der Waals surface area (Å²) >= 11 is 0. The van der Waals surface area contributed by atoms with Gasteiger partial charge in [0.15, 0.2) is 0 Å². The molecule has 270 valence electrons. The lowest BCUT2D eigenvalue weighted by Gasteiger charge is -2.21. The van der Waals surface area contributed by atoms with E-state index in [1.54, 1.807) is 0 Å². The second-order valence-electron chi connectivity index (χ2n) is 19.1. The molecule has 0 atom stereocenters. The molecule has 7 rings (SSSR count). The Balaban J connectivity index is 1.41. The van der Waals surface area contributed by atoms with E-state index < -0.39 is 0 Å². The van der Waals surface area contributed by atoms with Gasteiger partial charge in [0.05, 0.1) is 29.3 Å². The van der Waals surface area contributed by atoms with Crippen LogP contribution in [0.2, 0.25) is 0 Å². The van der Waals surface area contributed by atoms with Gasteiger partial charge in [-0.25, -0.2) is 4.98 Å². The minimum atomic E-state index is -0.0481. The molecule has 0 aliphatic heterocycles. The molecule has 0 fully saturated rings. The van der Waals surface area contributed by atoms with Gasteiger partial charge in [-0.15, -0.1) is 0 Å². The summed E-state index contributed by atoms with van der Waals surface area (Å²) in [5.74, 6) is 0. The first-order valence-corrected chi connectivity index (χ1v) is 19.1. The summed E-state index contributed by atoms with van der Waals surface area (Å²) < 4.78 is 0. The Morgan fingerprint density at radius 1 is 0.396 bits per heavy atom. The van der Waals surface area contributed by atoms with Crippen LogP contribution in [-0.4, -0.2) is 15.0 Å². The van der Waals surface area contributed by atoms with Gasteiger partial charge in [-0.3, -0.25) is 4.98 Å². The second-order valence-corrected chi connectivity index (χ2v) is 19.1. The zero-order valence-corrected chi connectivity index (χ0v) is 33.8. The number of hydrogen-bond donors (Lipinski definition) is 1. The molecule has 7 aromatic rings. The molecule has 0 aliphatic rings. The van der Waals surface area contributed by atoms with E-state index in [9.17, 15) is 0 Å². The topological polar surface area (TPSA) is 41.6 Å². The molecule has 1 N–H and O–H groups in total. The molecule has 3 nitrogen and oxygen atoms in total. The van der Waals surface area contributed by atoms with Crippen molar-refractivity contribution in [2.75, 3.05) is 0 Å². The molecular formula is C50H55N3. The van der Waals surface area contributed by atoms with Crippen molar-refractivity contribution in [2.45, 2.75) is 105 Å². The summed E-state index contributed by atoms with van der Waals surface area (Å²) in [6.07, 6.45) is 3.82. The van der Waals surface area contributed by atoms with Gasteiger partial charge in [0.25, 0.3) is 0 Å².